The van der Waals surface area contributed by atoms with E-state index in [4.69, 9.17) is 5.73 Å². The van der Waals surface area contributed by atoms with Crippen LogP contribution >= 0.6 is 0 Å². The Labute approximate surface area is 102 Å². The zero-order chi connectivity index (χ0) is 13.1. The standard InChI is InChI=1S/C13H20N2O2/c1-4-13(3,5-2)15-12(17)9-6-7-10(14)11(16)8-9/h6-8,16H,4-5,14H2,1-3H3,(H,15,17). The molecule has 1 amide bonds. The molecule has 0 spiro atoms. The molecule has 0 fully saturated rings. The van der Waals surface area contributed by atoms with Crippen molar-refractivity contribution in [1.82, 2.24) is 5.32 Å². The maximum atomic E-state index is 12.0. The van der Waals surface area contributed by atoms with Gasteiger partial charge < -0.3 is 16.2 Å². The summed E-state index contributed by atoms with van der Waals surface area (Å²) in [4.78, 5) is 12.0. The van der Waals surface area contributed by atoms with E-state index in [1.165, 1.54) is 12.1 Å². The van der Waals surface area contributed by atoms with Crippen LogP contribution in [0.1, 0.15) is 44.0 Å². The second-order valence-corrected chi connectivity index (χ2v) is 4.50. The van der Waals surface area contributed by atoms with Crippen LogP contribution < -0.4 is 11.1 Å². The molecule has 4 nitrogen and oxygen atoms in total. The maximum absolute atomic E-state index is 12.0. The summed E-state index contributed by atoms with van der Waals surface area (Å²) in [5, 5.41) is 12.4. The quantitative estimate of drug-likeness (QED) is 0.554. The average Bonchev–Trinajstić information content (AvgIpc) is 2.32. The number of rotatable bonds is 4. The van der Waals surface area contributed by atoms with E-state index < -0.39 is 0 Å². The molecular formula is C13H20N2O2. The monoisotopic (exact) mass is 236 g/mol. The number of hydrogen-bond acceptors (Lipinski definition) is 3. The fraction of sp³-hybridized carbons (Fsp3) is 0.462. The zero-order valence-corrected chi connectivity index (χ0v) is 10.6. The first kappa shape index (κ1) is 13.4. The van der Waals surface area contributed by atoms with Crippen LogP contribution in [-0.2, 0) is 0 Å². The van der Waals surface area contributed by atoms with Crippen molar-refractivity contribution in [3.05, 3.63) is 23.8 Å². The molecule has 0 heterocycles. The third-order valence-electron chi connectivity index (χ3n) is 3.27. The van der Waals surface area contributed by atoms with Crippen molar-refractivity contribution in [3.63, 3.8) is 0 Å². The normalized spacial score (nSPS) is 11.2. The lowest BCUT2D eigenvalue weighted by Gasteiger charge is -2.28. The van der Waals surface area contributed by atoms with Crippen LogP contribution in [0.5, 0.6) is 5.75 Å². The number of anilines is 1. The molecule has 0 radical (unpaired) electrons. The number of hydrogen-bond donors (Lipinski definition) is 3. The summed E-state index contributed by atoms with van der Waals surface area (Å²) in [5.74, 6) is -0.251. The van der Waals surface area contributed by atoms with Crippen molar-refractivity contribution in [3.8, 4) is 5.75 Å². The van der Waals surface area contributed by atoms with Gasteiger partial charge in [-0.3, -0.25) is 4.79 Å². The van der Waals surface area contributed by atoms with Gasteiger partial charge in [0, 0.05) is 11.1 Å². The van der Waals surface area contributed by atoms with Gasteiger partial charge in [-0.2, -0.15) is 0 Å². The van der Waals surface area contributed by atoms with E-state index in [1.54, 1.807) is 6.07 Å². The highest BCUT2D eigenvalue weighted by molar-refractivity contribution is 5.95. The molecule has 0 aliphatic carbocycles. The smallest absolute Gasteiger partial charge is 0.251 e. The molecular weight excluding hydrogens is 216 g/mol. The molecule has 4 heteroatoms. The largest absolute Gasteiger partial charge is 0.506 e. The number of phenols is 1. The number of benzene rings is 1. The summed E-state index contributed by atoms with van der Waals surface area (Å²) in [6.07, 6.45) is 1.71. The molecule has 0 saturated carbocycles. The molecule has 4 N–H and O–H groups in total. The number of carbonyl (C=O) groups is 1. The molecule has 1 rings (SSSR count). The van der Waals surface area contributed by atoms with Crippen molar-refractivity contribution >= 4 is 11.6 Å². The number of phenolic OH excluding ortho intramolecular Hbond substituents is 1. The molecule has 0 bridgehead atoms. The Morgan fingerprint density at radius 1 is 1.41 bits per heavy atom. The summed E-state index contributed by atoms with van der Waals surface area (Å²) >= 11 is 0. The van der Waals surface area contributed by atoms with Crippen molar-refractivity contribution in [2.75, 3.05) is 5.73 Å². The second-order valence-electron chi connectivity index (χ2n) is 4.50. The topological polar surface area (TPSA) is 75.4 Å². The van der Waals surface area contributed by atoms with E-state index in [0.717, 1.165) is 12.8 Å². The van der Waals surface area contributed by atoms with Gasteiger partial charge in [0.2, 0.25) is 0 Å². The predicted octanol–water partition coefficient (Wildman–Crippen LogP) is 2.28. The third kappa shape index (κ3) is 3.12. The van der Waals surface area contributed by atoms with Gasteiger partial charge in [0.25, 0.3) is 5.91 Å². The lowest BCUT2D eigenvalue weighted by Crippen LogP contribution is -2.44. The summed E-state index contributed by atoms with van der Waals surface area (Å²) in [7, 11) is 0. The van der Waals surface area contributed by atoms with Gasteiger partial charge in [0.15, 0.2) is 0 Å². The highest BCUT2D eigenvalue weighted by Crippen LogP contribution is 2.21. The Bertz CT molecular complexity index is 412. The average molecular weight is 236 g/mol. The number of nitrogens with two attached hydrogens (primary N) is 1. The van der Waals surface area contributed by atoms with Crippen LogP contribution in [0.2, 0.25) is 0 Å². The van der Waals surface area contributed by atoms with Crippen molar-refractivity contribution in [1.29, 1.82) is 0 Å². The van der Waals surface area contributed by atoms with Crippen molar-refractivity contribution in [2.45, 2.75) is 39.2 Å². The van der Waals surface area contributed by atoms with Crippen molar-refractivity contribution < 1.29 is 9.90 Å². The predicted molar refractivity (Wildman–Crippen MR) is 69.0 cm³/mol. The van der Waals surface area contributed by atoms with E-state index in [1.807, 2.05) is 20.8 Å². The molecule has 94 valence electrons. The molecule has 0 aliphatic rings. The highest BCUT2D eigenvalue weighted by Gasteiger charge is 2.22. The fourth-order valence-corrected chi connectivity index (χ4v) is 1.46. The summed E-state index contributed by atoms with van der Waals surface area (Å²) < 4.78 is 0. The van der Waals surface area contributed by atoms with Gasteiger partial charge in [-0.15, -0.1) is 0 Å². The SMILES string of the molecule is CCC(C)(CC)NC(=O)c1ccc(N)c(O)c1. The van der Waals surface area contributed by atoms with E-state index >= 15 is 0 Å². The van der Waals surface area contributed by atoms with Gasteiger partial charge in [-0.05, 0) is 38.0 Å². The lowest BCUT2D eigenvalue weighted by atomic mass is 9.95. The fourth-order valence-electron chi connectivity index (χ4n) is 1.46. The molecule has 0 unspecified atom stereocenters. The molecule has 1 aromatic carbocycles. The van der Waals surface area contributed by atoms with Gasteiger partial charge in [0.05, 0.1) is 5.69 Å². The van der Waals surface area contributed by atoms with Gasteiger partial charge >= 0.3 is 0 Å². The molecule has 0 atom stereocenters. The van der Waals surface area contributed by atoms with E-state index in [2.05, 4.69) is 5.32 Å². The Hall–Kier alpha value is -1.71. The van der Waals surface area contributed by atoms with Gasteiger partial charge in [-0.1, -0.05) is 13.8 Å². The first-order valence-corrected chi connectivity index (χ1v) is 5.83. The van der Waals surface area contributed by atoms with Crippen LogP contribution in [0.15, 0.2) is 18.2 Å². The highest BCUT2D eigenvalue weighted by atomic mass is 16.3. The Kier molecular flexibility index (Phi) is 3.99. The van der Waals surface area contributed by atoms with Crippen LogP contribution in [0, 0.1) is 0 Å². The summed E-state index contributed by atoms with van der Waals surface area (Å²) in [6.45, 7) is 6.07. The van der Waals surface area contributed by atoms with Gasteiger partial charge in [-0.25, -0.2) is 0 Å². The Balaban J connectivity index is 2.86. The summed E-state index contributed by atoms with van der Waals surface area (Å²) in [6, 6.07) is 4.52. The van der Waals surface area contributed by atoms with Crippen LogP contribution in [0.25, 0.3) is 0 Å². The number of carbonyl (C=O) groups excluding carboxylic acids is 1. The minimum absolute atomic E-state index is 0.0626. The molecule has 17 heavy (non-hydrogen) atoms. The molecule has 0 saturated heterocycles. The Morgan fingerprint density at radius 2 is 2.00 bits per heavy atom. The minimum Gasteiger partial charge on any atom is -0.506 e. The first-order valence-electron chi connectivity index (χ1n) is 5.83. The van der Waals surface area contributed by atoms with Crippen molar-refractivity contribution in [2.24, 2.45) is 0 Å². The first-order chi connectivity index (χ1) is 7.91. The third-order valence-corrected chi connectivity index (χ3v) is 3.27. The van der Waals surface area contributed by atoms with Crippen LogP contribution in [0.3, 0.4) is 0 Å². The maximum Gasteiger partial charge on any atom is 0.251 e. The van der Waals surface area contributed by atoms with Gasteiger partial charge in [0.1, 0.15) is 5.75 Å². The molecule has 1 aromatic rings. The van der Waals surface area contributed by atoms with E-state index in [0.29, 0.717) is 5.56 Å². The number of nitrogen functional groups attached to an aromatic ring is 1. The van der Waals surface area contributed by atoms with E-state index in [-0.39, 0.29) is 22.9 Å². The van der Waals surface area contributed by atoms with Crippen LogP contribution in [0.4, 0.5) is 5.69 Å². The summed E-state index contributed by atoms with van der Waals surface area (Å²) in [5.41, 5.74) is 5.97. The minimum atomic E-state index is -0.214. The molecule has 0 aliphatic heterocycles. The second kappa shape index (κ2) is 5.08. The van der Waals surface area contributed by atoms with Crippen LogP contribution in [-0.4, -0.2) is 16.6 Å². The number of aromatic hydroxyl groups is 1. The Morgan fingerprint density at radius 3 is 2.47 bits per heavy atom. The zero-order valence-electron chi connectivity index (χ0n) is 10.6. The van der Waals surface area contributed by atoms with E-state index in [9.17, 15) is 9.90 Å². The number of amides is 1. The lowest BCUT2D eigenvalue weighted by molar-refractivity contribution is 0.0900. The molecule has 0 aromatic heterocycles. The number of nitrogens with one attached hydrogen (secondary N) is 1.